The number of nitrogens with zero attached hydrogens (tertiary/aromatic N) is 3. The van der Waals surface area contributed by atoms with Crippen LogP contribution in [0.5, 0.6) is 0 Å². The van der Waals surface area contributed by atoms with Gasteiger partial charge in [-0.2, -0.15) is 0 Å². The Kier molecular flexibility index (Phi) is 4.18. The second-order valence-electron chi connectivity index (χ2n) is 6.05. The van der Waals surface area contributed by atoms with Crippen LogP contribution in [0.1, 0.15) is 18.6 Å². The van der Waals surface area contributed by atoms with Gasteiger partial charge < -0.3 is 5.11 Å². The molecule has 1 atom stereocenters. The van der Waals surface area contributed by atoms with Crippen LogP contribution in [0.15, 0.2) is 61.1 Å². The Morgan fingerprint density at radius 1 is 1.12 bits per heavy atom. The molecule has 2 aromatic carbocycles. The second kappa shape index (κ2) is 6.52. The number of imidazole rings is 1. The van der Waals surface area contributed by atoms with Crippen molar-refractivity contribution in [3.05, 3.63) is 77.6 Å². The van der Waals surface area contributed by atoms with Crippen LogP contribution < -0.4 is 0 Å². The first-order valence-corrected chi connectivity index (χ1v) is 8.48. The smallest absolute Gasteiger partial charge is 0.168 e. The molecule has 0 saturated heterocycles. The number of benzene rings is 2. The number of aliphatic hydroxyl groups excluding tert-OH is 1. The summed E-state index contributed by atoms with van der Waals surface area (Å²) >= 11 is 5.80. The summed E-state index contributed by atoms with van der Waals surface area (Å²) in [6, 6.07) is 14.7. The van der Waals surface area contributed by atoms with Gasteiger partial charge in [-0.25, -0.2) is 14.4 Å². The SMILES string of the molecule is C[C@H](O)c1ccc2c(c1)ncn2-c1cccc(-c2ccnc(Cl)c2F)c1. The van der Waals surface area contributed by atoms with Crippen LogP contribution in [0.2, 0.25) is 5.15 Å². The molecule has 4 aromatic rings. The highest BCUT2D eigenvalue weighted by molar-refractivity contribution is 6.29. The van der Waals surface area contributed by atoms with Gasteiger partial charge in [-0.15, -0.1) is 0 Å². The summed E-state index contributed by atoms with van der Waals surface area (Å²) in [4.78, 5) is 8.17. The molecule has 0 aliphatic heterocycles. The molecule has 4 rings (SSSR count). The molecule has 4 nitrogen and oxygen atoms in total. The topological polar surface area (TPSA) is 50.9 Å². The number of halogens is 2. The monoisotopic (exact) mass is 367 g/mol. The van der Waals surface area contributed by atoms with E-state index in [1.807, 2.05) is 47.0 Å². The summed E-state index contributed by atoms with van der Waals surface area (Å²) < 4.78 is 16.2. The lowest BCUT2D eigenvalue weighted by Crippen LogP contribution is -1.95. The van der Waals surface area contributed by atoms with Crippen molar-refractivity contribution in [2.75, 3.05) is 0 Å². The Bertz CT molecular complexity index is 1110. The summed E-state index contributed by atoms with van der Waals surface area (Å²) in [6.07, 6.45) is 2.65. The van der Waals surface area contributed by atoms with Gasteiger partial charge >= 0.3 is 0 Å². The van der Waals surface area contributed by atoms with E-state index in [2.05, 4.69) is 9.97 Å². The third-order valence-corrected chi connectivity index (χ3v) is 4.60. The van der Waals surface area contributed by atoms with E-state index in [0.29, 0.717) is 11.1 Å². The summed E-state index contributed by atoms with van der Waals surface area (Å²) in [5.41, 5.74) is 4.44. The van der Waals surface area contributed by atoms with E-state index in [4.69, 9.17) is 11.6 Å². The van der Waals surface area contributed by atoms with Crippen molar-refractivity contribution in [2.24, 2.45) is 0 Å². The van der Waals surface area contributed by atoms with Gasteiger partial charge in [0.05, 0.1) is 17.1 Å². The van der Waals surface area contributed by atoms with E-state index in [9.17, 15) is 9.50 Å². The third kappa shape index (κ3) is 2.85. The largest absolute Gasteiger partial charge is 0.389 e. The van der Waals surface area contributed by atoms with Crippen molar-refractivity contribution in [2.45, 2.75) is 13.0 Å². The first kappa shape index (κ1) is 16.7. The van der Waals surface area contributed by atoms with Gasteiger partial charge in [-0.05, 0) is 48.4 Å². The van der Waals surface area contributed by atoms with Crippen LogP contribution in [0.25, 0.3) is 27.8 Å². The molecule has 0 radical (unpaired) electrons. The van der Waals surface area contributed by atoms with Gasteiger partial charge in [-0.3, -0.25) is 4.57 Å². The lowest BCUT2D eigenvalue weighted by Gasteiger charge is -2.09. The average molecular weight is 368 g/mol. The van der Waals surface area contributed by atoms with E-state index >= 15 is 0 Å². The average Bonchev–Trinajstić information content (AvgIpc) is 3.07. The summed E-state index contributed by atoms with van der Waals surface area (Å²) in [7, 11) is 0. The molecule has 130 valence electrons. The molecule has 0 bridgehead atoms. The molecule has 26 heavy (non-hydrogen) atoms. The lowest BCUT2D eigenvalue weighted by molar-refractivity contribution is 0.199. The fourth-order valence-electron chi connectivity index (χ4n) is 2.96. The number of rotatable bonds is 3. The zero-order chi connectivity index (χ0) is 18.3. The first-order chi connectivity index (χ1) is 12.5. The van der Waals surface area contributed by atoms with Gasteiger partial charge in [0.25, 0.3) is 0 Å². The molecule has 0 unspecified atom stereocenters. The Morgan fingerprint density at radius 2 is 1.96 bits per heavy atom. The van der Waals surface area contributed by atoms with E-state index in [-0.39, 0.29) is 5.15 Å². The zero-order valence-corrected chi connectivity index (χ0v) is 14.7. The summed E-state index contributed by atoms with van der Waals surface area (Å²) in [5, 5.41) is 9.59. The Balaban J connectivity index is 1.82. The quantitative estimate of drug-likeness (QED) is 0.522. The van der Waals surface area contributed by atoms with Crippen LogP contribution in [0.3, 0.4) is 0 Å². The molecule has 0 aliphatic carbocycles. The van der Waals surface area contributed by atoms with Crippen molar-refractivity contribution in [3.63, 3.8) is 0 Å². The van der Waals surface area contributed by atoms with Gasteiger partial charge in [-0.1, -0.05) is 29.8 Å². The zero-order valence-electron chi connectivity index (χ0n) is 13.9. The van der Waals surface area contributed by atoms with Gasteiger partial charge in [0.1, 0.15) is 6.33 Å². The molecule has 0 aliphatic rings. The number of aliphatic hydroxyl groups is 1. The molecular formula is C20H15ClFN3O. The van der Waals surface area contributed by atoms with Crippen molar-refractivity contribution in [1.29, 1.82) is 0 Å². The molecule has 2 heterocycles. The van der Waals surface area contributed by atoms with Crippen LogP contribution in [-0.2, 0) is 0 Å². The minimum atomic E-state index is -0.549. The molecule has 0 fully saturated rings. The third-order valence-electron chi connectivity index (χ3n) is 4.34. The molecule has 6 heteroatoms. The number of hydrogen-bond donors (Lipinski definition) is 1. The van der Waals surface area contributed by atoms with Crippen LogP contribution in [-0.4, -0.2) is 19.6 Å². The highest BCUT2D eigenvalue weighted by Crippen LogP contribution is 2.29. The van der Waals surface area contributed by atoms with Crippen LogP contribution in [0, 0.1) is 5.82 Å². The van der Waals surface area contributed by atoms with Crippen molar-refractivity contribution >= 4 is 22.6 Å². The normalized spacial score (nSPS) is 12.5. The van der Waals surface area contributed by atoms with Crippen LogP contribution in [0.4, 0.5) is 4.39 Å². The summed E-state index contributed by atoms with van der Waals surface area (Å²) in [5.74, 6) is -0.539. The van der Waals surface area contributed by atoms with Crippen LogP contribution >= 0.6 is 11.6 Å². The molecule has 2 aromatic heterocycles. The fraction of sp³-hybridized carbons (Fsp3) is 0.100. The summed E-state index contributed by atoms with van der Waals surface area (Å²) in [6.45, 7) is 1.72. The first-order valence-electron chi connectivity index (χ1n) is 8.10. The maximum atomic E-state index is 14.3. The van der Waals surface area contributed by atoms with E-state index < -0.39 is 11.9 Å². The molecule has 0 spiro atoms. The van der Waals surface area contributed by atoms with Gasteiger partial charge in [0.2, 0.25) is 0 Å². The predicted octanol–water partition coefficient (Wildman–Crippen LogP) is 4.93. The number of fused-ring (bicyclic) bond motifs is 1. The van der Waals surface area contributed by atoms with E-state index in [1.54, 1.807) is 19.3 Å². The Hall–Kier alpha value is -2.76. The number of hydrogen-bond acceptors (Lipinski definition) is 3. The number of pyridine rings is 1. The molecular weight excluding hydrogens is 353 g/mol. The van der Waals surface area contributed by atoms with Gasteiger partial charge in [0.15, 0.2) is 11.0 Å². The van der Waals surface area contributed by atoms with Crippen molar-refractivity contribution < 1.29 is 9.50 Å². The Labute approximate surface area is 154 Å². The minimum Gasteiger partial charge on any atom is -0.389 e. The van der Waals surface area contributed by atoms with E-state index in [0.717, 1.165) is 22.3 Å². The number of aromatic nitrogens is 3. The lowest BCUT2D eigenvalue weighted by atomic mass is 10.1. The minimum absolute atomic E-state index is 0.147. The van der Waals surface area contributed by atoms with Gasteiger partial charge in [0, 0.05) is 17.4 Å². The predicted molar refractivity (Wildman–Crippen MR) is 99.9 cm³/mol. The maximum Gasteiger partial charge on any atom is 0.168 e. The maximum absolute atomic E-state index is 14.3. The molecule has 0 amide bonds. The molecule has 1 N–H and O–H groups in total. The molecule has 0 saturated carbocycles. The second-order valence-corrected chi connectivity index (χ2v) is 6.41. The highest BCUT2D eigenvalue weighted by Gasteiger charge is 2.12. The fourth-order valence-corrected chi connectivity index (χ4v) is 3.12. The Morgan fingerprint density at radius 3 is 2.77 bits per heavy atom. The van der Waals surface area contributed by atoms with E-state index in [1.165, 1.54) is 6.20 Å². The van der Waals surface area contributed by atoms with Crippen molar-refractivity contribution in [3.8, 4) is 16.8 Å². The highest BCUT2D eigenvalue weighted by atomic mass is 35.5. The standard InChI is InChI=1S/C20H15ClFN3O/c1-12(26)13-5-6-18-17(10-13)24-11-25(18)15-4-2-3-14(9-15)16-7-8-23-20(21)19(16)22/h2-12,26H,1H3/t12-/m0/s1. The van der Waals surface area contributed by atoms with Crippen molar-refractivity contribution in [1.82, 2.24) is 14.5 Å².